The van der Waals surface area contributed by atoms with E-state index in [1.165, 1.54) is 20.4 Å². The van der Waals surface area contributed by atoms with E-state index in [1.54, 1.807) is 42.5 Å². The second kappa shape index (κ2) is 9.81. The normalized spacial score (nSPS) is 10.4. The van der Waals surface area contributed by atoms with Gasteiger partial charge in [0.05, 0.1) is 26.9 Å². The summed E-state index contributed by atoms with van der Waals surface area (Å²) in [6, 6.07) is 12.0. The van der Waals surface area contributed by atoms with Crippen molar-refractivity contribution in [3.8, 4) is 17.2 Å². The maximum absolute atomic E-state index is 12.1. The number of rotatable bonds is 9. The summed E-state index contributed by atoms with van der Waals surface area (Å²) in [7, 11) is 3.06. The Kier molecular flexibility index (Phi) is 7.18. The number of ether oxygens (including phenoxy) is 3. The maximum atomic E-state index is 12.1. The zero-order valence-electron chi connectivity index (χ0n) is 15.0. The van der Waals surface area contributed by atoms with Crippen molar-refractivity contribution in [2.75, 3.05) is 20.8 Å². The van der Waals surface area contributed by atoms with Gasteiger partial charge >= 0.3 is 5.97 Å². The van der Waals surface area contributed by atoms with Crippen LogP contribution >= 0.6 is 0 Å². The average Bonchev–Trinajstić information content (AvgIpc) is 2.67. The second-order valence-corrected chi connectivity index (χ2v) is 5.38. The molecule has 8 heteroatoms. The number of hydrogen-bond donors (Lipinski definition) is 2. The summed E-state index contributed by atoms with van der Waals surface area (Å²) in [4.78, 5) is 22.7. The monoisotopic (exact) mass is 372 g/mol. The second-order valence-electron chi connectivity index (χ2n) is 5.38. The Labute approximate surface area is 156 Å². The molecule has 2 N–H and O–H groups in total. The summed E-state index contributed by atoms with van der Waals surface area (Å²) < 4.78 is 15.5. The molecular weight excluding hydrogens is 352 g/mol. The number of carbonyl (C=O) groups excluding carboxylic acids is 1. The van der Waals surface area contributed by atoms with E-state index in [4.69, 9.17) is 19.3 Å². The molecule has 2 aromatic carbocycles. The number of benzene rings is 2. The topological polar surface area (TPSA) is 106 Å². The van der Waals surface area contributed by atoms with Crippen molar-refractivity contribution in [2.45, 2.75) is 6.42 Å². The van der Waals surface area contributed by atoms with Gasteiger partial charge in [-0.3, -0.25) is 4.79 Å². The summed E-state index contributed by atoms with van der Waals surface area (Å²) in [5.41, 5.74) is 3.71. The highest BCUT2D eigenvalue weighted by Crippen LogP contribution is 2.27. The van der Waals surface area contributed by atoms with E-state index in [9.17, 15) is 9.59 Å². The van der Waals surface area contributed by atoms with Crippen molar-refractivity contribution in [2.24, 2.45) is 5.10 Å². The number of carboxylic acid groups (broad SMARTS) is 1. The molecule has 0 aliphatic rings. The van der Waals surface area contributed by atoms with Gasteiger partial charge in [-0.05, 0) is 29.8 Å². The van der Waals surface area contributed by atoms with Gasteiger partial charge in [0.15, 0.2) is 18.1 Å². The minimum Gasteiger partial charge on any atom is -0.493 e. The lowest BCUT2D eigenvalue weighted by atomic mass is 10.1. The molecule has 1 amide bonds. The highest BCUT2D eigenvalue weighted by molar-refractivity contribution is 5.86. The third-order valence-corrected chi connectivity index (χ3v) is 3.48. The predicted molar refractivity (Wildman–Crippen MR) is 98.6 cm³/mol. The minimum atomic E-state index is -1.08. The lowest BCUT2D eigenvalue weighted by molar-refractivity contribution is -0.139. The van der Waals surface area contributed by atoms with E-state index in [2.05, 4.69) is 10.5 Å². The molecule has 0 saturated carbocycles. The molecule has 27 heavy (non-hydrogen) atoms. The van der Waals surface area contributed by atoms with Crippen molar-refractivity contribution in [1.82, 2.24) is 5.43 Å². The van der Waals surface area contributed by atoms with Crippen LogP contribution < -0.4 is 19.6 Å². The van der Waals surface area contributed by atoms with Crippen molar-refractivity contribution < 1.29 is 28.9 Å². The summed E-state index contributed by atoms with van der Waals surface area (Å²) >= 11 is 0. The smallest absolute Gasteiger partial charge is 0.341 e. The molecule has 0 heterocycles. The first kappa shape index (κ1) is 19.8. The van der Waals surface area contributed by atoms with E-state index in [-0.39, 0.29) is 12.3 Å². The van der Waals surface area contributed by atoms with Crippen LogP contribution in [-0.4, -0.2) is 44.0 Å². The van der Waals surface area contributed by atoms with Crippen LogP contribution in [0.3, 0.4) is 0 Å². The van der Waals surface area contributed by atoms with Gasteiger partial charge in [-0.25, -0.2) is 10.2 Å². The number of methoxy groups -OCH3 is 2. The first-order valence-corrected chi connectivity index (χ1v) is 8.00. The number of carbonyl (C=O) groups is 2. The van der Waals surface area contributed by atoms with Gasteiger partial charge in [0.1, 0.15) is 5.75 Å². The molecule has 8 nitrogen and oxygen atoms in total. The molecule has 0 fully saturated rings. The molecule has 2 rings (SSSR count). The standard InChI is InChI=1S/C19H20N2O6/c1-25-16-8-7-13(9-17(16)26-2)10-18(22)21-20-11-14-5-3-4-6-15(14)27-12-19(23)24/h3-9,11H,10,12H2,1-2H3,(H,21,22)(H,23,24)/b20-11-. The van der Waals surface area contributed by atoms with Gasteiger partial charge in [0.2, 0.25) is 5.91 Å². The van der Waals surface area contributed by atoms with Crippen LogP contribution in [0.25, 0.3) is 0 Å². The van der Waals surface area contributed by atoms with Crippen LogP contribution in [0.15, 0.2) is 47.6 Å². The number of para-hydroxylation sites is 1. The molecule has 0 unspecified atom stereocenters. The fraction of sp³-hybridized carbons (Fsp3) is 0.211. The van der Waals surface area contributed by atoms with Crippen LogP contribution in [0.5, 0.6) is 17.2 Å². The Balaban J connectivity index is 1.97. The fourth-order valence-electron chi connectivity index (χ4n) is 2.25. The maximum Gasteiger partial charge on any atom is 0.341 e. The van der Waals surface area contributed by atoms with Crippen molar-refractivity contribution in [3.05, 3.63) is 53.6 Å². The van der Waals surface area contributed by atoms with Crippen molar-refractivity contribution in [3.63, 3.8) is 0 Å². The average molecular weight is 372 g/mol. The Morgan fingerprint density at radius 1 is 1.07 bits per heavy atom. The third kappa shape index (κ3) is 6.03. The molecule has 0 aliphatic carbocycles. The molecule has 2 aromatic rings. The fourth-order valence-corrected chi connectivity index (χ4v) is 2.25. The summed E-state index contributed by atoms with van der Waals surface area (Å²) in [5, 5.41) is 12.6. The quantitative estimate of drug-likeness (QED) is 0.514. The molecule has 0 aromatic heterocycles. The van der Waals surface area contributed by atoms with Gasteiger partial charge in [-0.2, -0.15) is 5.10 Å². The first-order valence-electron chi connectivity index (χ1n) is 8.00. The number of aliphatic carboxylic acids is 1. The molecule has 142 valence electrons. The molecular formula is C19H20N2O6. The van der Waals surface area contributed by atoms with E-state index in [0.717, 1.165) is 5.56 Å². The van der Waals surface area contributed by atoms with Crippen LogP contribution in [-0.2, 0) is 16.0 Å². The third-order valence-electron chi connectivity index (χ3n) is 3.48. The number of carboxylic acids is 1. The minimum absolute atomic E-state index is 0.106. The van der Waals surface area contributed by atoms with E-state index in [1.807, 2.05) is 0 Å². The summed E-state index contributed by atoms with van der Waals surface area (Å²) in [5.74, 6) is 0.0821. The van der Waals surface area contributed by atoms with Gasteiger partial charge in [-0.1, -0.05) is 18.2 Å². The van der Waals surface area contributed by atoms with Gasteiger partial charge < -0.3 is 19.3 Å². The first-order chi connectivity index (χ1) is 13.0. The Morgan fingerprint density at radius 3 is 2.52 bits per heavy atom. The predicted octanol–water partition coefficient (Wildman–Crippen LogP) is 1.86. The van der Waals surface area contributed by atoms with Crippen molar-refractivity contribution >= 4 is 18.1 Å². The number of nitrogens with zero attached hydrogens (tertiary/aromatic N) is 1. The summed E-state index contributed by atoms with van der Waals surface area (Å²) in [6.07, 6.45) is 1.50. The van der Waals surface area contributed by atoms with Crippen LogP contribution in [0.1, 0.15) is 11.1 Å². The Hall–Kier alpha value is -3.55. The van der Waals surface area contributed by atoms with Crippen molar-refractivity contribution in [1.29, 1.82) is 0 Å². The molecule has 0 radical (unpaired) electrons. The van der Waals surface area contributed by atoms with Crippen LogP contribution in [0, 0.1) is 0 Å². The van der Waals surface area contributed by atoms with Crippen LogP contribution in [0.2, 0.25) is 0 Å². The zero-order valence-corrected chi connectivity index (χ0v) is 15.0. The van der Waals surface area contributed by atoms with E-state index >= 15 is 0 Å². The van der Waals surface area contributed by atoms with Gasteiger partial charge in [0.25, 0.3) is 0 Å². The summed E-state index contributed by atoms with van der Waals surface area (Å²) in [6.45, 7) is -0.462. The molecule has 0 atom stereocenters. The highest BCUT2D eigenvalue weighted by atomic mass is 16.5. The number of amides is 1. The van der Waals surface area contributed by atoms with E-state index in [0.29, 0.717) is 22.8 Å². The molecule has 0 aliphatic heterocycles. The molecule has 0 bridgehead atoms. The van der Waals surface area contributed by atoms with Gasteiger partial charge in [-0.15, -0.1) is 0 Å². The number of hydrazone groups is 1. The molecule has 0 saturated heterocycles. The lowest BCUT2D eigenvalue weighted by Gasteiger charge is -2.09. The Bertz CT molecular complexity index is 835. The van der Waals surface area contributed by atoms with Crippen LogP contribution in [0.4, 0.5) is 0 Å². The SMILES string of the molecule is COc1ccc(CC(=O)N/N=C\c2ccccc2OCC(=O)O)cc1OC. The Morgan fingerprint density at radius 2 is 1.81 bits per heavy atom. The number of hydrogen-bond acceptors (Lipinski definition) is 6. The van der Waals surface area contributed by atoms with E-state index < -0.39 is 12.6 Å². The highest BCUT2D eigenvalue weighted by Gasteiger charge is 2.08. The van der Waals surface area contributed by atoms with Gasteiger partial charge in [0, 0.05) is 5.56 Å². The largest absolute Gasteiger partial charge is 0.493 e. The lowest BCUT2D eigenvalue weighted by Crippen LogP contribution is -2.20. The zero-order chi connectivity index (χ0) is 19.6. The molecule has 0 spiro atoms. The number of nitrogens with one attached hydrogen (secondary N) is 1.